The lowest BCUT2D eigenvalue weighted by Gasteiger charge is -2.26. The number of nitrogens with zero attached hydrogens (tertiary/aromatic N) is 1. The fourth-order valence-corrected chi connectivity index (χ4v) is 5.67. The molecule has 0 aromatic heterocycles. The maximum absolute atomic E-state index is 13.3. The summed E-state index contributed by atoms with van der Waals surface area (Å²) in [5.74, 6) is -2.75. The maximum Gasteiger partial charge on any atom is 0.330 e. The second-order valence-electron chi connectivity index (χ2n) is 9.37. The zero-order chi connectivity index (χ0) is 24.7. The normalized spacial score (nSPS) is 25.0. The second kappa shape index (κ2) is 9.30. The smallest absolute Gasteiger partial charge is 0.330 e. The number of ether oxygens (including phenoxy) is 1. The number of allylic oxidation sites excluding steroid dienone is 2. The molecule has 2 bridgehead atoms. The molecule has 1 saturated carbocycles. The van der Waals surface area contributed by atoms with E-state index in [1.54, 1.807) is 18.2 Å². The van der Waals surface area contributed by atoms with Crippen LogP contribution < -0.4 is 5.32 Å². The van der Waals surface area contributed by atoms with Crippen LogP contribution in [0.25, 0.3) is 0 Å². The van der Waals surface area contributed by atoms with Gasteiger partial charge in [-0.3, -0.25) is 19.3 Å². The van der Waals surface area contributed by atoms with E-state index in [0.29, 0.717) is 10.7 Å². The average molecular weight is 493 g/mol. The van der Waals surface area contributed by atoms with Gasteiger partial charge >= 0.3 is 5.97 Å². The highest BCUT2D eigenvalue weighted by Crippen LogP contribution is 2.53. The van der Waals surface area contributed by atoms with Crippen LogP contribution in [0.4, 0.5) is 5.69 Å². The minimum atomic E-state index is -1.14. The first-order chi connectivity index (χ1) is 16.8. The highest BCUT2D eigenvalue weighted by atomic mass is 35.5. The zero-order valence-corrected chi connectivity index (χ0v) is 19.9. The van der Waals surface area contributed by atoms with Crippen molar-refractivity contribution in [2.45, 2.75) is 25.8 Å². The molecule has 2 aromatic rings. The topological polar surface area (TPSA) is 92.8 Å². The van der Waals surface area contributed by atoms with Gasteiger partial charge in [-0.15, -0.1) is 0 Å². The Labute approximate surface area is 208 Å². The lowest BCUT2D eigenvalue weighted by Crippen LogP contribution is -2.48. The molecular weight excluding hydrogens is 468 g/mol. The van der Waals surface area contributed by atoms with E-state index in [1.165, 1.54) is 0 Å². The molecule has 7 nitrogen and oxygen atoms in total. The molecule has 5 rings (SSSR count). The van der Waals surface area contributed by atoms with Gasteiger partial charge in [0.05, 0.1) is 11.8 Å². The molecule has 1 N–H and O–H groups in total. The average Bonchev–Trinajstić information content (AvgIpc) is 3.53. The molecular formula is C27H25ClN2O5. The predicted octanol–water partition coefficient (Wildman–Crippen LogP) is 3.55. The first-order valence-corrected chi connectivity index (χ1v) is 12.0. The SMILES string of the molecule is Cc1ccc(Cl)cc1NC(=O)COC(=O)[C@H](Cc1ccccc1)N1C(=O)[C@@H]2[C@@H](C1=O)[C@H]1C=C[C@H]2C1. The third-order valence-corrected chi connectivity index (χ3v) is 7.41. The summed E-state index contributed by atoms with van der Waals surface area (Å²) in [6.45, 7) is 1.27. The van der Waals surface area contributed by atoms with Gasteiger partial charge in [-0.1, -0.05) is 60.2 Å². The molecule has 2 aromatic carbocycles. The van der Waals surface area contributed by atoms with Crippen molar-refractivity contribution < 1.29 is 23.9 Å². The van der Waals surface area contributed by atoms with E-state index in [0.717, 1.165) is 22.4 Å². The number of nitrogens with one attached hydrogen (secondary N) is 1. The molecule has 8 heteroatoms. The number of rotatable bonds is 7. The van der Waals surface area contributed by atoms with E-state index in [-0.39, 0.29) is 30.1 Å². The largest absolute Gasteiger partial charge is 0.454 e. The quantitative estimate of drug-likeness (QED) is 0.362. The number of hydrogen-bond donors (Lipinski definition) is 1. The number of halogens is 1. The molecule has 5 atom stereocenters. The van der Waals surface area contributed by atoms with Crippen LogP contribution in [-0.2, 0) is 30.3 Å². The van der Waals surface area contributed by atoms with Crippen LogP contribution >= 0.6 is 11.6 Å². The molecule has 0 spiro atoms. The highest BCUT2D eigenvalue weighted by molar-refractivity contribution is 6.31. The van der Waals surface area contributed by atoms with E-state index in [1.807, 2.05) is 49.4 Å². The molecule has 0 unspecified atom stereocenters. The third kappa shape index (κ3) is 4.36. The number of hydrogen-bond acceptors (Lipinski definition) is 5. The van der Waals surface area contributed by atoms with Crippen LogP contribution in [0.2, 0.25) is 5.02 Å². The number of aryl methyl sites for hydroxylation is 1. The summed E-state index contributed by atoms with van der Waals surface area (Å²) < 4.78 is 5.34. The minimum Gasteiger partial charge on any atom is -0.454 e. The van der Waals surface area contributed by atoms with Crippen LogP contribution in [0.3, 0.4) is 0 Å². The van der Waals surface area contributed by atoms with Gasteiger partial charge in [-0.25, -0.2) is 4.79 Å². The molecule has 1 heterocycles. The Kier molecular flexibility index (Phi) is 6.19. The van der Waals surface area contributed by atoms with Crippen molar-refractivity contribution >= 4 is 41.0 Å². The summed E-state index contributed by atoms with van der Waals surface area (Å²) in [5, 5.41) is 3.14. The van der Waals surface area contributed by atoms with Crippen molar-refractivity contribution in [2.24, 2.45) is 23.7 Å². The number of likely N-dealkylation sites (tertiary alicyclic amines) is 1. The summed E-state index contributed by atoms with van der Waals surface area (Å²) in [6, 6.07) is 13.1. The molecule has 35 heavy (non-hydrogen) atoms. The van der Waals surface area contributed by atoms with Gasteiger partial charge in [-0.2, -0.15) is 0 Å². The van der Waals surface area contributed by atoms with Crippen molar-refractivity contribution in [3.8, 4) is 0 Å². The number of esters is 1. The lowest BCUT2D eigenvalue weighted by molar-refractivity contribution is -0.160. The van der Waals surface area contributed by atoms with Crippen molar-refractivity contribution in [1.82, 2.24) is 4.90 Å². The van der Waals surface area contributed by atoms with Gasteiger partial charge in [-0.05, 0) is 48.4 Å². The van der Waals surface area contributed by atoms with E-state index in [9.17, 15) is 19.2 Å². The number of fused-ring (bicyclic) bond motifs is 5. The molecule has 2 aliphatic carbocycles. The lowest BCUT2D eigenvalue weighted by atomic mass is 9.85. The standard InChI is InChI=1S/C27H25ClN2O5/c1-15-7-10-19(28)13-20(15)29-22(31)14-35-27(34)21(11-16-5-3-2-4-6-16)30-25(32)23-17-8-9-18(12-17)24(23)26(30)33/h2-10,13,17-18,21,23-24H,11-12,14H2,1H3,(H,29,31)/t17-,18-,21-,23-,24-/m0/s1. The zero-order valence-electron chi connectivity index (χ0n) is 19.1. The Morgan fingerprint density at radius 3 is 2.37 bits per heavy atom. The van der Waals surface area contributed by atoms with E-state index >= 15 is 0 Å². The first kappa shape index (κ1) is 23.3. The van der Waals surface area contributed by atoms with Crippen LogP contribution in [0.15, 0.2) is 60.7 Å². The van der Waals surface area contributed by atoms with Crippen molar-refractivity contribution in [2.75, 3.05) is 11.9 Å². The molecule has 1 saturated heterocycles. The number of anilines is 1. The molecule has 3 aliphatic rings. The van der Waals surface area contributed by atoms with E-state index < -0.39 is 36.4 Å². The Balaban J connectivity index is 1.32. The maximum atomic E-state index is 13.3. The van der Waals surface area contributed by atoms with E-state index in [2.05, 4.69) is 5.32 Å². The van der Waals surface area contributed by atoms with Gasteiger partial charge in [0.25, 0.3) is 5.91 Å². The van der Waals surface area contributed by atoms with Crippen LogP contribution in [0.5, 0.6) is 0 Å². The molecule has 0 radical (unpaired) electrons. The van der Waals surface area contributed by atoms with Crippen LogP contribution in [0.1, 0.15) is 17.5 Å². The van der Waals surface area contributed by atoms with Crippen molar-refractivity contribution in [1.29, 1.82) is 0 Å². The summed E-state index contributed by atoms with van der Waals surface area (Å²) >= 11 is 6.00. The summed E-state index contributed by atoms with van der Waals surface area (Å²) in [6.07, 6.45) is 4.94. The number of amides is 3. The number of carbonyl (C=O) groups is 4. The van der Waals surface area contributed by atoms with Crippen LogP contribution in [-0.4, -0.2) is 41.2 Å². The molecule has 2 fully saturated rings. The molecule has 180 valence electrons. The number of imide groups is 1. The Bertz CT molecular complexity index is 1200. The third-order valence-electron chi connectivity index (χ3n) is 7.18. The monoisotopic (exact) mass is 492 g/mol. The van der Waals surface area contributed by atoms with Gasteiger partial charge in [0.15, 0.2) is 6.61 Å². The van der Waals surface area contributed by atoms with Crippen LogP contribution in [0, 0.1) is 30.6 Å². The van der Waals surface area contributed by atoms with Gasteiger partial charge < -0.3 is 10.1 Å². The second-order valence-corrected chi connectivity index (χ2v) is 9.80. The van der Waals surface area contributed by atoms with Crippen molar-refractivity contribution in [3.63, 3.8) is 0 Å². The first-order valence-electron chi connectivity index (χ1n) is 11.7. The van der Waals surface area contributed by atoms with Crippen molar-refractivity contribution in [3.05, 3.63) is 76.8 Å². The summed E-state index contributed by atoms with van der Waals surface area (Å²) in [5.41, 5.74) is 2.10. The molecule has 1 aliphatic heterocycles. The van der Waals surface area contributed by atoms with Gasteiger partial charge in [0, 0.05) is 17.1 Å². The summed E-state index contributed by atoms with van der Waals surface area (Å²) in [4.78, 5) is 53.5. The Hall–Kier alpha value is -3.45. The number of carbonyl (C=O) groups excluding carboxylic acids is 4. The van der Waals surface area contributed by atoms with E-state index in [4.69, 9.17) is 16.3 Å². The fraction of sp³-hybridized carbons (Fsp3) is 0.333. The highest BCUT2D eigenvalue weighted by Gasteiger charge is 2.61. The molecule has 3 amide bonds. The Morgan fingerprint density at radius 1 is 1.06 bits per heavy atom. The minimum absolute atomic E-state index is 0.0339. The predicted molar refractivity (Wildman–Crippen MR) is 129 cm³/mol. The number of benzene rings is 2. The van der Waals surface area contributed by atoms with Gasteiger partial charge in [0.2, 0.25) is 11.8 Å². The van der Waals surface area contributed by atoms with Gasteiger partial charge in [0.1, 0.15) is 6.04 Å². The Morgan fingerprint density at radius 2 is 1.71 bits per heavy atom. The fourth-order valence-electron chi connectivity index (χ4n) is 5.50. The summed E-state index contributed by atoms with van der Waals surface area (Å²) in [7, 11) is 0.